The fraction of sp³-hybridized carbons (Fsp3) is 0.571. The van der Waals surface area contributed by atoms with Crippen LogP contribution in [0.5, 0.6) is 0 Å². The van der Waals surface area contributed by atoms with Gasteiger partial charge in [-0.05, 0) is 63.3 Å². The van der Waals surface area contributed by atoms with Gasteiger partial charge in [0, 0.05) is 36.7 Å². The summed E-state index contributed by atoms with van der Waals surface area (Å²) in [4.78, 5) is 23.8. The van der Waals surface area contributed by atoms with Crippen molar-refractivity contribution < 1.29 is 9.21 Å². The van der Waals surface area contributed by atoms with Crippen LogP contribution in [0.2, 0.25) is 0 Å². The topological polar surface area (TPSA) is 71.3 Å². The number of carbonyl (C=O) groups is 1. The minimum absolute atomic E-state index is 0.253. The molecule has 3 aliphatic heterocycles. The zero-order chi connectivity index (χ0) is 18.4. The predicted octanol–water partition coefficient (Wildman–Crippen LogP) is 2.75. The van der Waals surface area contributed by atoms with Gasteiger partial charge in [-0.1, -0.05) is 0 Å². The lowest BCUT2D eigenvalue weighted by molar-refractivity contribution is -0.122. The Balaban J connectivity index is 1.31. The average Bonchev–Trinajstić information content (AvgIpc) is 3.40. The molecule has 0 spiro atoms. The molecule has 2 bridgehead atoms. The van der Waals surface area contributed by atoms with Gasteiger partial charge in [0.1, 0.15) is 11.5 Å². The molecule has 1 N–H and O–H groups in total. The van der Waals surface area contributed by atoms with Crippen molar-refractivity contribution in [3.05, 3.63) is 36.0 Å². The highest BCUT2D eigenvalue weighted by molar-refractivity contribution is 5.80. The zero-order valence-corrected chi connectivity index (χ0v) is 15.7. The minimum atomic E-state index is 0.253. The van der Waals surface area contributed by atoms with Gasteiger partial charge in [0.2, 0.25) is 5.91 Å². The van der Waals surface area contributed by atoms with Gasteiger partial charge in [0.05, 0.1) is 6.26 Å². The molecule has 142 valence electrons. The first-order chi connectivity index (χ1) is 13.2. The molecule has 4 fully saturated rings. The molecule has 0 aromatic carbocycles. The van der Waals surface area contributed by atoms with E-state index in [0.717, 1.165) is 61.9 Å². The number of nitrogens with one attached hydrogen (secondary N) is 1. The van der Waals surface area contributed by atoms with Crippen LogP contribution in [-0.2, 0) is 4.79 Å². The number of piperidine rings is 3. The Kier molecular flexibility index (Phi) is 4.23. The second-order valence-electron chi connectivity index (χ2n) is 8.26. The number of furan rings is 1. The van der Waals surface area contributed by atoms with Crippen LogP contribution in [0.1, 0.15) is 43.1 Å². The Morgan fingerprint density at radius 2 is 2.22 bits per heavy atom. The lowest BCUT2D eigenvalue weighted by Gasteiger charge is -2.49. The van der Waals surface area contributed by atoms with Gasteiger partial charge in [0.25, 0.3) is 0 Å². The van der Waals surface area contributed by atoms with Crippen LogP contribution < -0.4 is 5.32 Å². The molecule has 1 saturated carbocycles. The fourth-order valence-corrected chi connectivity index (χ4v) is 4.73. The molecule has 1 aliphatic carbocycles. The molecular formula is C21H26N4O2. The fourth-order valence-electron chi connectivity index (χ4n) is 4.73. The molecule has 4 atom stereocenters. The van der Waals surface area contributed by atoms with E-state index in [-0.39, 0.29) is 11.8 Å². The number of aromatic nitrogens is 2. The molecule has 3 saturated heterocycles. The van der Waals surface area contributed by atoms with Crippen LogP contribution >= 0.6 is 0 Å². The third kappa shape index (κ3) is 3.38. The molecule has 27 heavy (non-hydrogen) atoms. The quantitative estimate of drug-likeness (QED) is 0.881. The third-order valence-electron chi connectivity index (χ3n) is 6.35. The van der Waals surface area contributed by atoms with Crippen molar-refractivity contribution in [1.29, 1.82) is 0 Å². The summed E-state index contributed by atoms with van der Waals surface area (Å²) in [5.74, 6) is 3.19. The summed E-state index contributed by atoms with van der Waals surface area (Å²) in [7, 11) is 0. The predicted molar refractivity (Wildman–Crippen MR) is 101 cm³/mol. The van der Waals surface area contributed by atoms with Crippen LogP contribution in [0.15, 0.2) is 28.9 Å². The number of hydrogen-bond acceptors (Lipinski definition) is 5. The lowest BCUT2D eigenvalue weighted by atomic mass is 9.74. The maximum absolute atomic E-state index is 12.0. The van der Waals surface area contributed by atoms with Gasteiger partial charge >= 0.3 is 0 Å². The highest BCUT2D eigenvalue weighted by Gasteiger charge is 2.42. The van der Waals surface area contributed by atoms with Crippen LogP contribution in [0.3, 0.4) is 0 Å². The summed E-state index contributed by atoms with van der Waals surface area (Å²) in [5, 5.41) is 3.17. The highest BCUT2D eigenvalue weighted by Crippen LogP contribution is 2.41. The molecular weight excluding hydrogens is 340 g/mol. The van der Waals surface area contributed by atoms with Crippen LogP contribution in [0.25, 0.3) is 11.5 Å². The second-order valence-corrected chi connectivity index (χ2v) is 8.26. The number of fused-ring (bicyclic) bond motifs is 3. The van der Waals surface area contributed by atoms with E-state index in [4.69, 9.17) is 9.40 Å². The molecule has 4 aliphatic rings. The molecule has 6 rings (SSSR count). The number of carbonyl (C=O) groups excluding carboxylic acids is 1. The summed E-state index contributed by atoms with van der Waals surface area (Å²) in [5.41, 5.74) is 2.00. The molecule has 1 amide bonds. The first-order valence-corrected chi connectivity index (χ1v) is 10.1. The Morgan fingerprint density at radius 3 is 2.93 bits per heavy atom. The van der Waals surface area contributed by atoms with E-state index in [1.807, 2.05) is 19.1 Å². The number of amides is 1. The SMILES string of the molecule is Cc1nc(-c2ccco2)cc(C2CN3CCC2CC3CNC(=O)C2CC2)n1. The van der Waals surface area contributed by atoms with Crippen molar-refractivity contribution in [1.82, 2.24) is 20.2 Å². The number of aryl methyl sites for hydroxylation is 1. The van der Waals surface area contributed by atoms with E-state index in [1.54, 1.807) is 6.26 Å². The number of rotatable bonds is 5. The molecule has 5 heterocycles. The normalized spacial score (nSPS) is 29.7. The van der Waals surface area contributed by atoms with Gasteiger partial charge < -0.3 is 9.73 Å². The molecule has 6 nitrogen and oxygen atoms in total. The lowest BCUT2D eigenvalue weighted by Crippen LogP contribution is -2.56. The van der Waals surface area contributed by atoms with E-state index in [1.165, 1.54) is 6.42 Å². The Labute approximate surface area is 159 Å². The third-order valence-corrected chi connectivity index (χ3v) is 6.35. The van der Waals surface area contributed by atoms with Crippen molar-refractivity contribution in [2.24, 2.45) is 11.8 Å². The monoisotopic (exact) mass is 366 g/mol. The van der Waals surface area contributed by atoms with E-state index in [9.17, 15) is 4.79 Å². The maximum atomic E-state index is 12.0. The summed E-state index contributed by atoms with van der Waals surface area (Å²) in [6, 6.07) is 6.40. The standard InChI is InChI=1S/C21H26N4O2/c1-13-23-18(10-19(24-13)20-3-2-8-27-20)17-12-25-7-6-15(17)9-16(25)11-22-21(26)14-4-5-14/h2-3,8,10,14-17H,4-7,9,11-12H2,1H3,(H,22,26). The first-order valence-electron chi connectivity index (χ1n) is 10.1. The molecule has 6 heteroatoms. The zero-order valence-electron chi connectivity index (χ0n) is 15.7. The van der Waals surface area contributed by atoms with Crippen LogP contribution in [0.4, 0.5) is 0 Å². The Bertz CT molecular complexity index is 831. The molecule has 2 aromatic rings. The van der Waals surface area contributed by atoms with Crippen molar-refractivity contribution in [2.45, 2.75) is 44.6 Å². The van der Waals surface area contributed by atoms with Crippen molar-refractivity contribution >= 4 is 5.91 Å². The van der Waals surface area contributed by atoms with Gasteiger partial charge in [-0.15, -0.1) is 0 Å². The average molecular weight is 366 g/mol. The summed E-state index contributed by atoms with van der Waals surface area (Å²) in [6.45, 7) is 4.88. The van der Waals surface area contributed by atoms with Gasteiger partial charge in [0.15, 0.2) is 5.76 Å². The van der Waals surface area contributed by atoms with E-state index >= 15 is 0 Å². The minimum Gasteiger partial charge on any atom is -0.463 e. The maximum Gasteiger partial charge on any atom is 0.223 e. The number of nitrogens with zero attached hydrogens (tertiary/aromatic N) is 3. The van der Waals surface area contributed by atoms with E-state index < -0.39 is 0 Å². The summed E-state index contributed by atoms with van der Waals surface area (Å²) < 4.78 is 5.53. The van der Waals surface area contributed by atoms with Crippen LogP contribution in [0, 0.1) is 18.8 Å². The summed E-state index contributed by atoms with van der Waals surface area (Å²) in [6.07, 6.45) is 6.15. The van der Waals surface area contributed by atoms with Crippen molar-refractivity contribution in [3.63, 3.8) is 0 Å². The van der Waals surface area contributed by atoms with E-state index in [2.05, 4.69) is 21.3 Å². The smallest absolute Gasteiger partial charge is 0.223 e. The Morgan fingerprint density at radius 1 is 1.33 bits per heavy atom. The van der Waals surface area contributed by atoms with Crippen molar-refractivity contribution in [3.8, 4) is 11.5 Å². The van der Waals surface area contributed by atoms with Gasteiger partial charge in [-0.3, -0.25) is 9.69 Å². The molecule has 2 aromatic heterocycles. The van der Waals surface area contributed by atoms with E-state index in [0.29, 0.717) is 17.9 Å². The largest absolute Gasteiger partial charge is 0.463 e. The summed E-state index contributed by atoms with van der Waals surface area (Å²) >= 11 is 0. The highest BCUT2D eigenvalue weighted by atomic mass is 16.3. The second kappa shape index (κ2) is 6.75. The molecule has 0 radical (unpaired) electrons. The van der Waals surface area contributed by atoms with Crippen LogP contribution in [-0.4, -0.2) is 46.5 Å². The van der Waals surface area contributed by atoms with Gasteiger partial charge in [-0.25, -0.2) is 9.97 Å². The van der Waals surface area contributed by atoms with Crippen molar-refractivity contribution in [2.75, 3.05) is 19.6 Å². The number of hydrogen-bond donors (Lipinski definition) is 1. The first kappa shape index (κ1) is 16.9. The van der Waals surface area contributed by atoms with Gasteiger partial charge in [-0.2, -0.15) is 0 Å². The molecule has 4 unspecified atom stereocenters. The Hall–Kier alpha value is -2.21.